The van der Waals surface area contributed by atoms with Crippen LogP contribution in [0.5, 0.6) is 17.2 Å². The van der Waals surface area contributed by atoms with E-state index in [4.69, 9.17) is 18.9 Å². The lowest BCUT2D eigenvalue weighted by molar-refractivity contribution is 0.146. The third kappa shape index (κ3) is 7.91. The summed E-state index contributed by atoms with van der Waals surface area (Å²) in [4.78, 5) is 6.43. The fourth-order valence-electron chi connectivity index (χ4n) is 2.83. The summed E-state index contributed by atoms with van der Waals surface area (Å²) in [6.07, 6.45) is 0. The molecule has 0 amide bonds. The Kier molecular flexibility index (Phi) is 12.0. The van der Waals surface area contributed by atoms with E-state index in [-0.39, 0.29) is 24.0 Å². The van der Waals surface area contributed by atoms with E-state index in [0.29, 0.717) is 26.3 Å². The van der Waals surface area contributed by atoms with Crippen molar-refractivity contribution in [2.45, 2.75) is 13.1 Å². The fraction of sp³-hybridized carbons (Fsp3) is 0.409. The summed E-state index contributed by atoms with van der Waals surface area (Å²) in [6, 6.07) is 13.8. The number of hydrogen-bond acceptors (Lipinski definition) is 5. The number of halogens is 1. The molecule has 1 N–H and O–H groups in total. The Morgan fingerprint density at radius 1 is 0.967 bits per heavy atom. The molecule has 0 aromatic heterocycles. The van der Waals surface area contributed by atoms with Crippen LogP contribution in [0.15, 0.2) is 47.5 Å². The molecular formula is C22H32IN3O4. The van der Waals surface area contributed by atoms with Crippen LogP contribution in [0, 0.1) is 0 Å². The average Bonchev–Trinajstić information content (AvgIpc) is 2.75. The highest BCUT2D eigenvalue weighted by Crippen LogP contribution is 2.25. The summed E-state index contributed by atoms with van der Waals surface area (Å²) in [5.74, 6) is 3.18. The number of nitrogens with one attached hydrogen (secondary N) is 1. The highest BCUT2D eigenvalue weighted by atomic mass is 127. The van der Waals surface area contributed by atoms with Gasteiger partial charge in [0.15, 0.2) is 5.96 Å². The van der Waals surface area contributed by atoms with Gasteiger partial charge < -0.3 is 29.2 Å². The Balaban J connectivity index is 0.00000450. The maximum absolute atomic E-state index is 5.59. The summed E-state index contributed by atoms with van der Waals surface area (Å²) in [6.45, 7) is 2.43. The Bertz CT molecular complexity index is 784. The second-order valence-electron chi connectivity index (χ2n) is 6.42. The van der Waals surface area contributed by atoms with Crippen LogP contribution in [0.25, 0.3) is 0 Å². The summed E-state index contributed by atoms with van der Waals surface area (Å²) >= 11 is 0. The summed E-state index contributed by atoms with van der Waals surface area (Å²) in [5.41, 5.74) is 2.19. The molecule has 0 aliphatic rings. The van der Waals surface area contributed by atoms with Crippen molar-refractivity contribution >= 4 is 29.9 Å². The van der Waals surface area contributed by atoms with Crippen molar-refractivity contribution in [3.8, 4) is 17.2 Å². The standard InChI is InChI=1S/C22H31N3O4.HI/c1-23-22(24-15-17-6-9-19(10-7-17)29-13-12-26-3)25(2)16-18-8-11-20(27-4)14-21(18)28-5;/h6-11,14H,12-13,15-16H2,1-5H3,(H,23,24);1H. The first-order chi connectivity index (χ1) is 14.1. The Labute approximate surface area is 196 Å². The molecule has 166 valence electrons. The molecule has 0 aliphatic carbocycles. The number of ether oxygens (including phenoxy) is 4. The molecule has 0 fully saturated rings. The predicted octanol–water partition coefficient (Wildman–Crippen LogP) is 3.55. The van der Waals surface area contributed by atoms with Gasteiger partial charge in [-0.25, -0.2) is 0 Å². The van der Waals surface area contributed by atoms with Gasteiger partial charge in [0.2, 0.25) is 0 Å². The fourth-order valence-corrected chi connectivity index (χ4v) is 2.83. The van der Waals surface area contributed by atoms with Crippen molar-refractivity contribution in [1.82, 2.24) is 10.2 Å². The quantitative estimate of drug-likeness (QED) is 0.220. The highest BCUT2D eigenvalue weighted by molar-refractivity contribution is 14.0. The van der Waals surface area contributed by atoms with E-state index >= 15 is 0 Å². The SMILES string of the molecule is CN=C(NCc1ccc(OCCOC)cc1)N(C)Cc1ccc(OC)cc1OC.I. The molecule has 0 heterocycles. The van der Waals surface area contributed by atoms with Crippen molar-refractivity contribution in [3.05, 3.63) is 53.6 Å². The molecule has 0 atom stereocenters. The molecule has 0 bridgehead atoms. The molecule has 0 radical (unpaired) electrons. The van der Waals surface area contributed by atoms with Gasteiger partial charge in [0.25, 0.3) is 0 Å². The lowest BCUT2D eigenvalue weighted by Crippen LogP contribution is -2.38. The lowest BCUT2D eigenvalue weighted by atomic mass is 10.2. The first-order valence-corrected chi connectivity index (χ1v) is 9.44. The van der Waals surface area contributed by atoms with E-state index in [0.717, 1.165) is 34.3 Å². The number of methoxy groups -OCH3 is 3. The number of aliphatic imine (C=N–C) groups is 1. The number of hydrogen-bond donors (Lipinski definition) is 1. The van der Waals surface area contributed by atoms with Gasteiger partial charge in [-0.2, -0.15) is 0 Å². The third-order valence-electron chi connectivity index (χ3n) is 4.41. The molecule has 0 aliphatic heterocycles. The van der Waals surface area contributed by atoms with Gasteiger partial charge in [-0.15, -0.1) is 24.0 Å². The van der Waals surface area contributed by atoms with Gasteiger partial charge in [0, 0.05) is 45.9 Å². The third-order valence-corrected chi connectivity index (χ3v) is 4.41. The summed E-state index contributed by atoms with van der Waals surface area (Å²) in [7, 11) is 8.73. The van der Waals surface area contributed by atoms with E-state index in [1.54, 1.807) is 28.4 Å². The van der Waals surface area contributed by atoms with Crippen LogP contribution in [-0.2, 0) is 17.8 Å². The van der Waals surface area contributed by atoms with Crippen LogP contribution in [-0.4, -0.2) is 59.5 Å². The average molecular weight is 529 g/mol. The largest absolute Gasteiger partial charge is 0.497 e. The highest BCUT2D eigenvalue weighted by Gasteiger charge is 2.11. The molecule has 30 heavy (non-hydrogen) atoms. The molecule has 2 aromatic rings. The van der Waals surface area contributed by atoms with Crippen molar-refractivity contribution < 1.29 is 18.9 Å². The van der Waals surface area contributed by atoms with Crippen LogP contribution in [0.2, 0.25) is 0 Å². The summed E-state index contributed by atoms with van der Waals surface area (Å²) < 4.78 is 21.3. The van der Waals surface area contributed by atoms with E-state index in [1.165, 1.54) is 0 Å². The van der Waals surface area contributed by atoms with Gasteiger partial charge in [0.1, 0.15) is 23.9 Å². The number of nitrogens with zero attached hydrogens (tertiary/aromatic N) is 2. The van der Waals surface area contributed by atoms with Crippen LogP contribution in [0.4, 0.5) is 0 Å². The van der Waals surface area contributed by atoms with E-state index in [9.17, 15) is 0 Å². The van der Waals surface area contributed by atoms with Gasteiger partial charge in [-0.05, 0) is 29.8 Å². The zero-order valence-corrected chi connectivity index (χ0v) is 20.6. The number of guanidine groups is 1. The molecular weight excluding hydrogens is 497 g/mol. The second kappa shape index (κ2) is 13.9. The van der Waals surface area contributed by atoms with Gasteiger partial charge >= 0.3 is 0 Å². The molecule has 2 rings (SSSR count). The molecule has 0 spiro atoms. The first kappa shape index (κ1) is 25.8. The van der Waals surface area contributed by atoms with Crippen molar-refractivity contribution in [1.29, 1.82) is 0 Å². The molecule has 2 aromatic carbocycles. The van der Waals surface area contributed by atoms with E-state index in [1.807, 2.05) is 54.4 Å². The number of rotatable bonds is 10. The molecule has 0 saturated heterocycles. The van der Waals surface area contributed by atoms with Crippen LogP contribution < -0.4 is 19.5 Å². The normalized spacial score (nSPS) is 10.8. The van der Waals surface area contributed by atoms with Crippen LogP contribution in [0.3, 0.4) is 0 Å². The van der Waals surface area contributed by atoms with Crippen LogP contribution in [0.1, 0.15) is 11.1 Å². The molecule has 0 saturated carbocycles. The lowest BCUT2D eigenvalue weighted by Gasteiger charge is -2.23. The Morgan fingerprint density at radius 2 is 1.67 bits per heavy atom. The Morgan fingerprint density at radius 3 is 2.27 bits per heavy atom. The van der Waals surface area contributed by atoms with E-state index in [2.05, 4.69) is 10.3 Å². The minimum atomic E-state index is 0. The molecule has 7 nitrogen and oxygen atoms in total. The summed E-state index contributed by atoms with van der Waals surface area (Å²) in [5, 5.41) is 3.39. The van der Waals surface area contributed by atoms with Crippen molar-refractivity contribution in [2.75, 3.05) is 48.6 Å². The zero-order valence-electron chi connectivity index (χ0n) is 18.3. The molecule has 0 unspecified atom stereocenters. The van der Waals surface area contributed by atoms with Gasteiger partial charge in [-0.3, -0.25) is 4.99 Å². The maximum atomic E-state index is 5.59. The minimum Gasteiger partial charge on any atom is -0.497 e. The van der Waals surface area contributed by atoms with Crippen LogP contribution >= 0.6 is 24.0 Å². The van der Waals surface area contributed by atoms with Gasteiger partial charge in [0.05, 0.1) is 20.8 Å². The zero-order chi connectivity index (χ0) is 21.1. The Hall–Kier alpha value is -2.20. The van der Waals surface area contributed by atoms with Crippen molar-refractivity contribution in [3.63, 3.8) is 0 Å². The first-order valence-electron chi connectivity index (χ1n) is 9.44. The predicted molar refractivity (Wildman–Crippen MR) is 130 cm³/mol. The smallest absolute Gasteiger partial charge is 0.193 e. The van der Waals surface area contributed by atoms with Gasteiger partial charge in [-0.1, -0.05) is 12.1 Å². The van der Waals surface area contributed by atoms with Crippen molar-refractivity contribution in [2.24, 2.45) is 4.99 Å². The maximum Gasteiger partial charge on any atom is 0.193 e. The van der Waals surface area contributed by atoms with E-state index < -0.39 is 0 Å². The number of benzene rings is 2. The topological polar surface area (TPSA) is 64.6 Å². The monoisotopic (exact) mass is 529 g/mol. The second-order valence-corrected chi connectivity index (χ2v) is 6.42. The molecule has 8 heteroatoms. The minimum absolute atomic E-state index is 0.